The summed E-state index contributed by atoms with van der Waals surface area (Å²) in [5, 5.41) is 19.2. The third-order valence-corrected chi connectivity index (χ3v) is 4.55. The van der Waals surface area contributed by atoms with Gasteiger partial charge >= 0.3 is 6.09 Å². The van der Waals surface area contributed by atoms with E-state index in [1.165, 1.54) is 4.90 Å². The van der Waals surface area contributed by atoms with Crippen molar-refractivity contribution in [1.82, 2.24) is 4.90 Å². The number of ether oxygens (including phenoxy) is 1. The summed E-state index contributed by atoms with van der Waals surface area (Å²) >= 11 is 0. The van der Waals surface area contributed by atoms with Crippen molar-refractivity contribution in [2.45, 2.75) is 59.2 Å². The summed E-state index contributed by atoms with van der Waals surface area (Å²) in [5.74, 6) is -0.106. The topological polar surface area (TPSA) is 70.0 Å². The van der Waals surface area contributed by atoms with Crippen LogP contribution in [0.1, 0.15) is 48.0 Å². The van der Waals surface area contributed by atoms with Gasteiger partial charge in [-0.25, -0.2) is 4.79 Å². The summed E-state index contributed by atoms with van der Waals surface area (Å²) in [4.78, 5) is 13.4. The lowest BCUT2D eigenvalue weighted by Crippen LogP contribution is -2.64. The lowest BCUT2D eigenvalue weighted by atomic mass is 9.64. The minimum absolute atomic E-state index is 0.0146. The molecule has 0 aromatic rings. The lowest BCUT2D eigenvalue weighted by Gasteiger charge is -2.51. The summed E-state index contributed by atoms with van der Waals surface area (Å²) in [6, 6.07) is 0. The van der Waals surface area contributed by atoms with Gasteiger partial charge in [0.25, 0.3) is 0 Å². The molecule has 1 aliphatic rings. The zero-order chi connectivity index (χ0) is 16.5. The molecule has 1 aliphatic heterocycles. The highest BCUT2D eigenvalue weighted by Gasteiger charge is 2.62. The summed E-state index contributed by atoms with van der Waals surface area (Å²) in [6.45, 7) is 11.9. The first-order valence-corrected chi connectivity index (χ1v) is 7.45. The van der Waals surface area contributed by atoms with Crippen LogP contribution in [0.25, 0.3) is 0 Å². The summed E-state index contributed by atoms with van der Waals surface area (Å²) < 4.78 is 5.86. The molecule has 5 heteroatoms. The Morgan fingerprint density at radius 3 is 2.38 bits per heavy atom. The fourth-order valence-corrected chi connectivity index (χ4v) is 3.54. The molecule has 5 nitrogen and oxygen atoms in total. The number of allylic oxidation sites excluding steroid dienone is 1. The van der Waals surface area contributed by atoms with Crippen LogP contribution in [-0.4, -0.2) is 45.7 Å². The maximum atomic E-state index is 12.0. The van der Waals surface area contributed by atoms with E-state index in [2.05, 4.69) is 0 Å². The largest absolute Gasteiger partial charge is 0.465 e. The molecule has 0 saturated carbocycles. The van der Waals surface area contributed by atoms with E-state index in [0.717, 1.165) is 0 Å². The zero-order valence-electron chi connectivity index (χ0n) is 14.0. The fraction of sp³-hybridized carbons (Fsp3) is 0.812. The van der Waals surface area contributed by atoms with Crippen molar-refractivity contribution in [3.63, 3.8) is 0 Å². The van der Waals surface area contributed by atoms with Crippen LogP contribution in [0, 0.1) is 11.3 Å². The molecule has 1 heterocycles. The van der Waals surface area contributed by atoms with Crippen molar-refractivity contribution in [3.05, 3.63) is 12.2 Å². The van der Waals surface area contributed by atoms with E-state index in [9.17, 15) is 15.0 Å². The van der Waals surface area contributed by atoms with Gasteiger partial charge in [0, 0.05) is 12.5 Å². The third-order valence-electron chi connectivity index (χ3n) is 4.55. The molecule has 1 fully saturated rings. The second kappa shape index (κ2) is 5.97. The number of aliphatic hydroxyl groups excluding tert-OH is 1. The smallest absolute Gasteiger partial charge is 0.410 e. The molecule has 1 rings (SSSR count). The van der Waals surface area contributed by atoms with Crippen LogP contribution >= 0.6 is 0 Å². The lowest BCUT2D eigenvalue weighted by molar-refractivity contribution is -0.0665. The Hall–Kier alpha value is -1.07. The Labute approximate surface area is 127 Å². The van der Waals surface area contributed by atoms with Crippen LogP contribution in [0.4, 0.5) is 4.79 Å². The first-order valence-electron chi connectivity index (χ1n) is 7.45. The summed E-state index contributed by atoms with van der Waals surface area (Å²) in [6.07, 6.45) is 3.42. The predicted molar refractivity (Wildman–Crippen MR) is 82.1 cm³/mol. The van der Waals surface area contributed by atoms with Gasteiger partial charge in [-0.3, -0.25) is 4.90 Å². The molecule has 1 unspecified atom stereocenters. The van der Waals surface area contributed by atoms with Gasteiger partial charge in [-0.15, -0.1) is 0 Å². The van der Waals surface area contributed by atoms with Gasteiger partial charge < -0.3 is 14.9 Å². The van der Waals surface area contributed by atoms with Crippen LogP contribution in [0.2, 0.25) is 0 Å². The van der Waals surface area contributed by atoms with Crippen molar-refractivity contribution >= 4 is 6.09 Å². The number of carboxylic acid groups (broad SMARTS) is 1. The van der Waals surface area contributed by atoms with Crippen LogP contribution in [0.3, 0.4) is 0 Å². The Morgan fingerprint density at radius 1 is 1.43 bits per heavy atom. The Balaban J connectivity index is 3.50. The second-order valence-electron chi connectivity index (χ2n) is 7.17. The molecule has 0 spiro atoms. The van der Waals surface area contributed by atoms with E-state index in [1.807, 2.05) is 39.8 Å². The van der Waals surface area contributed by atoms with Crippen molar-refractivity contribution in [2.24, 2.45) is 11.3 Å². The molecular formula is C16H29NO4. The Kier molecular flexibility index (Phi) is 5.11. The minimum atomic E-state index is -0.986. The molecule has 0 aromatic carbocycles. The summed E-state index contributed by atoms with van der Waals surface area (Å²) in [7, 11) is 0. The first kappa shape index (κ1) is 18.0. The second-order valence-corrected chi connectivity index (χ2v) is 7.17. The Morgan fingerprint density at radius 2 is 2.00 bits per heavy atom. The van der Waals surface area contributed by atoms with Gasteiger partial charge in [0.15, 0.2) is 0 Å². The molecule has 1 amide bonds. The fourth-order valence-electron chi connectivity index (χ4n) is 3.54. The number of aliphatic hydroxyl groups is 1. The number of hydrogen-bond acceptors (Lipinski definition) is 3. The van der Waals surface area contributed by atoms with Gasteiger partial charge in [-0.1, -0.05) is 32.9 Å². The number of amides is 1. The van der Waals surface area contributed by atoms with Gasteiger partial charge in [0.05, 0.1) is 12.1 Å². The first-order chi connectivity index (χ1) is 9.54. The molecule has 0 radical (unpaired) electrons. The van der Waals surface area contributed by atoms with Crippen LogP contribution < -0.4 is 0 Å². The molecular weight excluding hydrogens is 270 g/mol. The van der Waals surface area contributed by atoms with Crippen molar-refractivity contribution in [3.8, 4) is 0 Å². The van der Waals surface area contributed by atoms with E-state index in [-0.39, 0.29) is 17.9 Å². The molecule has 2 atom stereocenters. The van der Waals surface area contributed by atoms with E-state index >= 15 is 0 Å². The van der Waals surface area contributed by atoms with Crippen molar-refractivity contribution in [1.29, 1.82) is 0 Å². The zero-order valence-corrected chi connectivity index (χ0v) is 14.0. The minimum Gasteiger partial charge on any atom is -0.465 e. The van der Waals surface area contributed by atoms with Gasteiger partial charge in [0.1, 0.15) is 5.72 Å². The van der Waals surface area contributed by atoms with Crippen LogP contribution in [0.15, 0.2) is 12.2 Å². The monoisotopic (exact) mass is 299 g/mol. The molecule has 122 valence electrons. The average molecular weight is 299 g/mol. The van der Waals surface area contributed by atoms with Gasteiger partial charge in [-0.2, -0.15) is 0 Å². The normalized spacial score (nSPS) is 27.3. The maximum absolute atomic E-state index is 12.0. The standard InChI is InChI=1S/C16H29NO4/c1-7-8-12(9-10-18)16(14(2,3)4)11-21-15(5,6)17(16)13(19)20/h7-8,12,18H,9-11H2,1-6H3,(H,19,20)/t12?,16-/m0/s1. The quantitative estimate of drug-likeness (QED) is 0.783. The maximum Gasteiger partial charge on any atom is 0.410 e. The molecule has 1 saturated heterocycles. The molecule has 21 heavy (non-hydrogen) atoms. The number of carbonyl (C=O) groups is 1. The molecule has 0 aliphatic carbocycles. The highest BCUT2D eigenvalue weighted by Crippen LogP contribution is 2.51. The van der Waals surface area contributed by atoms with Crippen molar-refractivity contribution in [2.75, 3.05) is 13.2 Å². The van der Waals surface area contributed by atoms with Crippen LogP contribution in [0.5, 0.6) is 0 Å². The average Bonchev–Trinajstić information content (AvgIpc) is 2.61. The van der Waals surface area contributed by atoms with E-state index < -0.39 is 17.4 Å². The number of nitrogens with zero attached hydrogens (tertiary/aromatic N) is 1. The van der Waals surface area contributed by atoms with Crippen molar-refractivity contribution < 1.29 is 19.7 Å². The highest BCUT2D eigenvalue weighted by atomic mass is 16.5. The number of rotatable bonds is 4. The van der Waals surface area contributed by atoms with Gasteiger partial charge in [0.2, 0.25) is 0 Å². The van der Waals surface area contributed by atoms with E-state index in [0.29, 0.717) is 13.0 Å². The summed E-state index contributed by atoms with van der Waals surface area (Å²) in [5.41, 5.74) is -1.93. The van der Waals surface area contributed by atoms with Gasteiger partial charge in [-0.05, 0) is 32.6 Å². The SMILES string of the molecule is CC=CC(CCO)[C@]1(C(C)(C)C)COC(C)(C)N1C(=O)O. The van der Waals surface area contributed by atoms with E-state index in [4.69, 9.17) is 4.74 Å². The Bertz CT molecular complexity index is 411. The number of hydrogen-bond donors (Lipinski definition) is 2. The van der Waals surface area contributed by atoms with E-state index in [1.54, 1.807) is 13.8 Å². The predicted octanol–water partition coefficient (Wildman–Crippen LogP) is 3.09. The van der Waals surface area contributed by atoms with Crippen LogP contribution in [-0.2, 0) is 4.74 Å². The molecule has 0 aromatic heterocycles. The highest BCUT2D eigenvalue weighted by molar-refractivity contribution is 5.68. The third kappa shape index (κ3) is 2.94. The molecule has 0 bridgehead atoms. The molecule has 2 N–H and O–H groups in total.